The molecule has 1 heterocycles. The Morgan fingerprint density at radius 1 is 1.05 bits per heavy atom. The lowest BCUT2D eigenvalue weighted by atomic mass is 10.1. The van der Waals surface area contributed by atoms with E-state index in [1.807, 2.05) is 20.8 Å². The molecule has 0 bridgehead atoms. The van der Waals surface area contributed by atoms with Crippen molar-refractivity contribution in [3.63, 3.8) is 0 Å². The summed E-state index contributed by atoms with van der Waals surface area (Å²) >= 11 is 0. The number of aromatic amines is 1. The minimum absolute atomic E-state index is 0.00488. The monoisotopic (exact) mass is 299 g/mol. The Kier molecular flexibility index (Phi) is 4.99. The lowest BCUT2D eigenvalue weighted by molar-refractivity contribution is -0.116. The minimum Gasteiger partial charge on any atom is -0.365 e. The number of carbonyl (C=O) groups is 2. The molecule has 116 valence electrons. The molecule has 3 N–H and O–H groups in total. The molecule has 0 aliphatic heterocycles. The minimum atomic E-state index is -0.157. The Balaban J connectivity index is 1.96. The Morgan fingerprint density at radius 3 is 2.14 bits per heavy atom. The lowest BCUT2D eigenvalue weighted by Crippen LogP contribution is -2.14. The maximum absolute atomic E-state index is 12.1. The molecule has 1 aromatic carbocycles. The topological polar surface area (TPSA) is 74.0 Å². The molecule has 5 heteroatoms. The third-order valence-corrected chi connectivity index (χ3v) is 3.22. The van der Waals surface area contributed by atoms with Crippen molar-refractivity contribution >= 4 is 23.2 Å². The Labute approximate surface area is 130 Å². The van der Waals surface area contributed by atoms with Crippen molar-refractivity contribution in [2.24, 2.45) is 5.92 Å². The van der Waals surface area contributed by atoms with Crippen molar-refractivity contribution in [3.8, 4) is 0 Å². The molecule has 0 saturated carbocycles. The van der Waals surface area contributed by atoms with Crippen molar-refractivity contribution in [3.05, 3.63) is 47.8 Å². The van der Waals surface area contributed by atoms with E-state index in [2.05, 4.69) is 15.6 Å². The van der Waals surface area contributed by atoms with Crippen LogP contribution in [0.1, 0.15) is 36.3 Å². The molecule has 1 aromatic heterocycles. The summed E-state index contributed by atoms with van der Waals surface area (Å²) in [5.74, 6) is 0.160. The van der Waals surface area contributed by atoms with Gasteiger partial charge in [0.25, 0.3) is 5.91 Å². The molecule has 2 aromatic rings. The van der Waals surface area contributed by atoms with Gasteiger partial charge in [-0.1, -0.05) is 13.8 Å². The van der Waals surface area contributed by atoms with Gasteiger partial charge in [-0.3, -0.25) is 9.59 Å². The van der Waals surface area contributed by atoms with Crippen LogP contribution in [0.4, 0.5) is 11.4 Å². The van der Waals surface area contributed by atoms with Crippen molar-refractivity contribution in [2.75, 3.05) is 10.6 Å². The van der Waals surface area contributed by atoms with E-state index < -0.39 is 0 Å². The van der Waals surface area contributed by atoms with Crippen LogP contribution in [0.3, 0.4) is 0 Å². The number of aryl methyl sites for hydroxylation is 1. The second-order valence-electron chi connectivity index (χ2n) is 5.69. The molecule has 2 amide bonds. The number of hydrogen-bond donors (Lipinski definition) is 3. The molecular weight excluding hydrogens is 278 g/mol. The van der Waals surface area contributed by atoms with E-state index in [0.29, 0.717) is 23.6 Å². The van der Waals surface area contributed by atoms with Crippen LogP contribution in [0.25, 0.3) is 0 Å². The van der Waals surface area contributed by atoms with E-state index in [9.17, 15) is 9.59 Å². The summed E-state index contributed by atoms with van der Waals surface area (Å²) in [4.78, 5) is 26.7. The fourth-order valence-electron chi connectivity index (χ4n) is 2.12. The van der Waals surface area contributed by atoms with Crippen LogP contribution in [-0.2, 0) is 4.79 Å². The highest BCUT2D eigenvalue weighted by Gasteiger charge is 2.10. The number of hydrogen-bond acceptors (Lipinski definition) is 2. The fourth-order valence-corrected chi connectivity index (χ4v) is 2.12. The van der Waals surface area contributed by atoms with Gasteiger partial charge in [0.1, 0.15) is 0 Å². The van der Waals surface area contributed by atoms with E-state index in [4.69, 9.17) is 0 Å². The van der Waals surface area contributed by atoms with Crippen LogP contribution >= 0.6 is 0 Å². The van der Waals surface area contributed by atoms with E-state index in [0.717, 1.165) is 11.4 Å². The van der Waals surface area contributed by atoms with Gasteiger partial charge in [-0.2, -0.15) is 0 Å². The third-order valence-electron chi connectivity index (χ3n) is 3.22. The average Bonchev–Trinajstić information content (AvgIpc) is 2.86. The van der Waals surface area contributed by atoms with E-state index >= 15 is 0 Å². The van der Waals surface area contributed by atoms with Crippen molar-refractivity contribution in [2.45, 2.75) is 27.2 Å². The highest BCUT2D eigenvalue weighted by atomic mass is 16.2. The average molecular weight is 299 g/mol. The summed E-state index contributed by atoms with van der Waals surface area (Å²) in [5, 5.41) is 5.66. The predicted octanol–water partition coefficient (Wildman–Crippen LogP) is 3.56. The van der Waals surface area contributed by atoms with Gasteiger partial charge in [-0.05, 0) is 43.2 Å². The molecule has 0 spiro atoms. The number of benzene rings is 1. The zero-order valence-corrected chi connectivity index (χ0v) is 13.1. The van der Waals surface area contributed by atoms with Gasteiger partial charge in [0, 0.05) is 29.7 Å². The molecular formula is C17H21N3O2. The number of amides is 2. The first-order chi connectivity index (χ1) is 10.5. The molecule has 2 rings (SSSR count). The van der Waals surface area contributed by atoms with Crippen molar-refractivity contribution in [1.82, 2.24) is 4.98 Å². The molecule has 0 unspecified atom stereocenters. The quantitative estimate of drug-likeness (QED) is 0.789. The van der Waals surface area contributed by atoms with E-state index in [1.165, 1.54) is 0 Å². The molecule has 0 saturated heterocycles. The largest absolute Gasteiger partial charge is 0.365 e. The molecule has 22 heavy (non-hydrogen) atoms. The van der Waals surface area contributed by atoms with Crippen LogP contribution in [0.5, 0.6) is 0 Å². The SMILES string of the molecule is Cc1[nH]ccc1C(=O)Nc1ccc(NC(=O)CC(C)C)cc1. The maximum Gasteiger partial charge on any atom is 0.257 e. The van der Waals surface area contributed by atoms with Gasteiger partial charge in [0.2, 0.25) is 5.91 Å². The van der Waals surface area contributed by atoms with Crippen LogP contribution in [-0.4, -0.2) is 16.8 Å². The van der Waals surface area contributed by atoms with E-state index in [-0.39, 0.29) is 11.8 Å². The number of rotatable bonds is 5. The van der Waals surface area contributed by atoms with Gasteiger partial charge >= 0.3 is 0 Å². The number of H-pyrrole nitrogens is 1. The Bertz CT molecular complexity index is 657. The molecule has 0 radical (unpaired) electrons. The Morgan fingerprint density at radius 2 is 1.64 bits per heavy atom. The predicted molar refractivity (Wildman–Crippen MR) is 88.0 cm³/mol. The highest BCUT2D eigenvalue weighted by Crippen LogP contribution is 2.16. The van der Waals surface area contributed by atoms with Crippen LogP contribution in [0, 0.1) is 12.8 Å². The first-order valence-corrected chi connectivity index (χ1v) is 7.31. The van der Waals surface area contributed by atoms with Crippen molar-refractivity contribution < 1.29 is 9.59 Å². The summed E-state index contributed by atoms with van der Waals surface area (Å²) in [6, 6.07) is 8.83. The van der Waals surface area contributed by atoms with Gasteiger partial charge < -0.3 is 15.6 Å². The molecule has 5 nitrogen and oxygen atoms in total. The number of aromatic nitrogens is 1. The smallest absolute Gasteiger partial charge is 0.257 e. The zero-order chi connectivity index (χ0) is 16.1. The molecule has 0 atom stereocenters. The van der Waals surface area contributed by atoms with Crippen LogP contribution in [0.15, 0.2) is 36.5 Å². The summed E-state index contributed by atoms with van der Waals surface area (Å²) in [6.45, 7) is 5.85. The van der Waals surface area contributed by atoms with Crippen molar-refractivity contribution in [1.29, 1.82) is 0 Å². The first-order valence-electron chi connectivity index (χ1n) is 7.31. The summed E-state index contributed by atoms with van der Waals surface area (Å²) in [5.41, 5.74) is 2.86. The summed E-state index contributed by atoms with van der Waals surface area (Å²) < 4.78 is 0. The lowest BCUT2D eigenvalue weighted by Gasteiger charge is -2.09. The number of carbonyl (C=O) groups excluding carboxylic acids is 2. The highest BCUT2D eigenvalue weighted by molar-refractivity contribution is 6.05. The maximum atomic E-state index is 12.1. The second-order valence-corrected chi connectivity index (χ2v) is 5.69. The Hall–Kier alpha value is -2.56. The van der Waals surface area contributed by atoms with E-state index in [1.54, 1.807) is 36.5 Å². The summed E-state index contributed by atoms with van der Waals surface area (Å²) in [6.07, 6.45) is 2.23. The number of nitrogens with one attached hydrogen (secondary N) is 3. The third kappa shape index (κ3) is 4.22. The van der Waals surface area contributed by atoms with Gasteiger partial charge in [-0.15, -0.1) is 0 Å². The molecule has 0 aliphatic carbocycles. The van der Waals surface area contributed by atoms with Gasteiger partial charge in [-0.25, -0.2) is 0 Å². The number of anilines is 2. The van der Waals surface area contributed by atoms with Gasteiger partial charge in [0.15, 0.2) is 0 Å². The van der Waals surface area contributed by atoms with Gasteiger partial charge in [0.05, 0.1) is 5.56 Å². The fraction of sp³-hybridized carbons (Fsp3) is 0.294. The van der Waals surface area contributed by atoms with Crippen LogP contribution in [0.2, 0.25) is 0 Å². The first kappa shape index (κ1) is 15.8. The second kappa shape index (κ2) is 6.93. The standard InChI is InChI=1S/C17H21N3O2/c1-11(2)10-16(21)19-13-4-6-14(7-5-13)20-17(22)15-8-9-18-12(15)3/h4-9,11,18H,10H2,1-3H3,(H,19,21)(H,20,22). The zero-order valence-electron chi connectivity index (χ0n) is 13.1. The molecule has 0 fully saturated rings. The summed E-state index contributed by atoms with van der Waals surface area (Å²) in [7, 11) is 0. The molecule has 0 aliphatic rings. The normalized spacial score (nSPS) is 10.5. The van der Waals surface area contributed by atoms with Crippen LogP contribution < -0.4 is 10.6 Å².